The van der Waals surface area contributed by atoms with E-state index in [0.29, 0.717) is 0 Å². The highest BCUT2D eigenvalue weighted by molar-refractivity contribution is 5.85. The highest BCUT2D eigenvalue weighted by Crippen LogP contribution is 2.37. The van der Waals surface area contributed by atoms with Crippen molar-refractivity contribution in [2.24, 2.45) is 5.84 Å². The van der Waals surface area contributed by atoms with Crippen LogP contribution in [0.15, 0.2) is 0 Å². The summed E-state index contributed by atoms with van der Waals surface area (Å²) in [6.45, 7) is -0.577. The predicted octanol–water partition coefficient (Wildman–Crippen LogP) is 1.46. The van der Waals surface area contributed by atoms with Crippen molar-refractivity contribution in [2.45, 2.75) is 18.5 Å². The average Bonchev–Trinajstić information content (AvgIpc) is 1.81. The fourth-order valence-electron chi connectivity index (χ4n) is 0.371. The normalized spacial score (nSPS) is 12.5. The van der Waals surface area contributed by atoms with E-state index in [1.165, 1.54) is 0 Å². The van der Waals surface area contributed by atoms with Crippen molar-refractivity contribution in [2.75, 3.05) is 6.54 Å². The van der Waals surface area contributed by atoms with Crippen molar-refractivity contribution in [1.82, 2.24) is 5.43 Å². The molecule has 3 N–H and O–H groups in total. The van der Waals surface area contributed by atoms with Crippen LogP contribution in [0.25, 0.3) is 0 Å². The van der Waals surface area contributed by atoms with E-state index < -0.39 is 25.1 Å². The van der Waals surface area contributed by atoms with Gasteiger partial charge in [-0.05, 0) is 0 Å². The number of hydrogen-bond donors (Lipinski definition) is 2. The van der Waals surface area contributed by atoms with Crippen LogP contribution in [0.5, 0.6) is 0 Å². The van der Waals surface area contributed by atoms with Gasteiger partial charge in [0.15, 0.2) is 0 Å². The van der Waals surface area contributed by atoms with E-state index >= 15 is 0 Å². The molecule has 0 aromatic heterocycles. The molecule has 0 aromatic rings. The summed E-state index contributed by atoms with van der Waals surface area (Å²) in [6.07, 6.45) is -6.82. The van der Waals surface area contributed by atoms with Crippen molar-refractivity contribution >= 4 is 12.4 Å². The summed E-state index contributed by atoms with van der Waals surface area (Å²) in [5.41, 5.74) is 1.72. The lowest BCUT2D eigenvalue weighted by Crippen LogP contribution is -2.40. The zero-order chi connectivity index (χ0) is 9.12. The Morgan fingerprint density at radius 1 is 1.08 bits per heavy atom. The second kappa shape index (κ2) is 4.78. The van der Waals surface area contributed by atoms with Gasteiger partial charge in [0.1, 0.15) is 0 Å². The molecule has 12 heavy (non-hydrogen) atoms. The van der Waals surface area contributed by atoms with Crippen LogP contribution < -0.4 is 11.3 Å². The average molecular weight is 215 g/mol. The number of nitrogens with two attached hydrogens (primary N) is 1. The smallest absolute Gasteiger partial charge is 0.271 e. The zero-order valence-electron chi connectivity index (χ0n) is 5.79. The third-order valence-electron chi connectivity index (χ3n) is 0.998. The van der Waals surface area contributed by atoms with Crippen LogP contribution >= 0.6 is 12.4 Å². The Balaban J connectivity index is 0. The Kier molecular flexibility index (Phi) is 5.73. The summed E-state index contributed by atoms with van der Waals surface area (Å²) in [5.74, 6) is -0.125. The first-order valence-corrected chi connectivity index (χ1v) is 2.69. The number of hydrogen-bond acceptors (Lipinski definition) is 2. The second-order valence-electron chi connectivity index (χ2n) is 1.91. The molecule has 0 aliphatic rings. The molecule has 0 aromatic carbocycles. The minimum atomic E-state index is -5.48. The van der Waals surface area contributed by atoms with Gasteiger partial charge in [-0.15, -0.1) is 12.4 Å². The lowest BCUT2D eigenvalue weighted by atomic mass is 10.2. The van der Waals surface area contributed by atoms with Gasteiger partial charge in [0.2, 0.25) is 0 Å². The van der Waals surface area contributed by atoms with E-state index in [-0.39, 0.29) is 12.4 Å². The van der Waals surface area contributed by atoms with Gasteiger partial charge < -0.3 is 0 Å². The van der Waals surface area contributed by atoms with Gasteiger partial charge in [-0.2, -0.15) is 22.0 Å². The van der Waals surface area contributed by atoms with Crippen molar-refractivity contribution in [3.8, 4) is 0 Å². The van der Waals surface area contributed by atoms with Crippen LogP contribution in [0.3, 0.4) is 0 Å². The second-order valence-corrected chi connectivity index (χ2v) is 1.91. The van der Waals surface area contributed by atoms with E-state index in [1.807, 2.05) is 0 Å². The van der Waals surface area contributed by atoms with Crippen LogP contribution in [0, 0.1) is 0 Å². The molecule has 0 atom stereocenters. The molecule has 8 heteroatoms. The molecule has 2 nitrogen and oxygen atoms in total. The molecule has 0 bridgehead atoms. The minimum absolute atomic E-state index is 0. The molecule has 76 valence electrons. The van der Waals surface area contributed by atoms with Crippen LogP contribution in [0.4, 0.5) is 22.0 Å². The van der Waals surface area contributed by atoms with E-state index in [1.54, 1.807) is 5.43 Å². The van der Waals surface area contributed by atoms with Crippen LogP contribution in [-0.2, 0) is 0 Å². The Morgan fingerprint density at radius 2 is 1.50 bits per heavy atom. The maximum Gasteiger partial charge on any atom is 0.453 e. The first-order valence-electron chi connectivity index (χ1n) is 2.69. The Hall–Kier alpha value is -0.140. The van der Waals surface area contributed by atoms with E-state index in [4.69, 9.17) is 0 Å². The summed E-state index contributed by atoms with van der Waals surface area (Å²) < 4.78 is 57.8. The molecule has 0 saturated heterocycles. The molecule has 0 fully saturated rings. The van der Waals surface area contributed by atoms with E-state index in [9.17, 15) is 22.0 Å². The maximum absolute atomic E-state index is 11.9. The lowest BCUT2D eigenvalue weighted by Gasteiger charge is -2.18. The first kappa shape index (κ1) is 14.4. The third-order valence-corrected chi connectivity index (χ3v) is 0.998. The van der Waals surface area contributed by atoms with Crippen LogP contribution in [0.2, 0.25) is 0 Å². The largest absolute Gasteiger partial charge is 0.453 e. The number of alkyl halides is 5. The van der Waals surface area contributed by atoms with Gasteiger partial charge in [-0.3, -0.25) is 11.3 Å². The SMILES string of the molecule is Cl.NNCCC(F)(F)C(F)(F)F. The molecule has 0 aliphatic heterocycles. The van der Waals surface area contributed by atoms with Gasteiger partial charge in [-0.1, -0.05) is 0 Å². The fourth-order valence-corrected chi connectivity index (χ4v) is 0.371. The van der Waals surface area contributed by atoms with Crippen molar-refractivity contribution in [3.63, 3.8) is 0 Å². The Labute approximate surface area is 71.7 Å². The van der Waals surface area contributed by atoms with Crippen LogP contribution in [0.1, 0.15) is 6.42 Å². The first-order chi connectivity index (χ1) is 4.81. The van der Waals surface area contributed by atoms with Gasteiger partial charge in [-0.25, -0.2) is 0 Å². The number of nitrogens with one attached hydrogen (secondary N) is 1. The predicted molar refractivity (Wildman–Crippen MR) is 35.1 cm³/mol. The maximum atomic E-state index is 11.9. The molecule has 0 rings (SSSR count). The van der Waals surface area contributed by atoms with Gasteiger partial charge in [0.05, 0.1) is 0 Å². The molecule has 0 heterocycles. The summed E-state index contributed by atoms with van der Waals surface area (Å²) in [6, 6.07) is 0. The van der Waals surface area contributed by atoms with E-state index in [0.717, 1.165) is 0 Å². The number of rotatable bonds is 3. The molecule has 0 spiro atoms. The van der Waals surface area contributed by atoms with Gasteiger partial charge in [0.25, 0.3) is 0 Å². The third kappa shape index (κ3) is 4.03. The van der Waals surface area contributed by atoms with Crippen LogP contribution in [-0.4, -0.2) is 18.6 Å². The summed E-state index contributed by atoms with van der Waals surface area (Å²) in [7, 11) is 0. The molecule has 0 radical (unpaired) electrons. The molecule has 0 amide bonds. The molecule has 0 saturated carbocycles. The zero-order valence-corrected chi connectivity index (χ0v) is 6.61. The van der Waals surface area contributed by atoms with Crippen molar-refractivity contribution < 1.29 is 22.0 Å². The monoisotopic (exact) mass is 214 g/mol. The standard InChI is InChI=1S/C4H7F5N2.ClH/c5-3(6,1-2-11-10)4(7,8)9;/h11H,1-2,10H2;1H. The highest BCUT2D eigenvalue weighted by Gasteiger charge is 2.56. The summed E-state index contributed by atoms with van der Waals surface area (Å²) in [5, 5.41) is 0. The highest BCUT2D eigenvalue weighted by atomic mass is 35.5. The molecule has 0 aliphatic carbocycles. The van der Waals surface area contributed by atoms with Crippen molar-refractivity contribution in [3.05, 3.63) is 0 Å². The van der Waals surface area contributed by atoms with Gasteiger partial charge >= 0.3 is 12.1 Å². The Bertz CT molecular complexity index is 125. The quantitative estimate of drug-likeness (QED) is 0.424. The minimum Gasteiger partial charge on any atom is -0.271 e. The number of halogens is 6. The van der Waals surface area contributed by atoms with E-state index in [2.05, 4.69) is 5.84 Å². The van der Waals surface area contributed by atoms with Crippen molar-refractivity contribution in [1.29, 1.82) is 0 Å². The lowest BCUT2D eigenvalue weighted by molar-refractivity contribution is -0.283. The fraction of sp³-hybridized carbons (Fsp3) is 1.00. The summed E-state index contributed by atoms with van der Waals surface area (Å²) in [4.78, 5) is 0. The summed E-state index contributed by atoms with van der Waals surface area (Å²) >= 11 is 0. The molecule has 0 unspecified atom stereocenters. The Morgan fingerprint density at radius 3 is 1.75 bits per heavy atom. The molecular weight excluding hydrogens is 207 g/mol. The molecular formula is C4H8ClF5N2. The topological polar surface area (TPSA) is 38.0 Å². The number of hydrazine groups is 1. The van der Waals surface area contributed by atoms with Gasteiger partial charge in [0, 0.05) is 13.0 Å².